The van der Waals surface area contributed by atoms with Crippen LogP contribution in [0.2, 0.25) is 0 Å². The molecule has 30 heavy (non-hydrogen) atoms. The number of hydrogen-bond acceptors (Lipinski definition) is 6. The van der Waals surface area contributed by atoms with Gasteiger partial charge in [-0.2, -0.15) is 0 Å². The Hall–Kier alpha value is -3.30. The van der Waals surface area contributed by atoms with Gasteiger partial charge in [-0.15, -0.1) is 5.10 Å². The van der Waals surface area contributed by atoms with Crippen LogP contribution in [0, 0.1) is 0 Å². The number of aromatic nitrogens is 4. The Labute approximate surface area is 174 Å². The number of carbonyl (C=O) groups is 3. The minimum atomic E-state index is -0.737. The Kier molecular flexibility index (Phi) is 5.73. The van der Waals surface area contributed by atoms with Crippen molar-refractivity contribution in [3.8, 4) is 0 Å². The van der Waals surface area contributed by atoms with Gasteiger partial charge < -0.3 is 15.5 Å². The summed E-state index contributed by atoms with van der Waals surface area (Å²) in [4.78, 5) is 39.5. The molecule has 2 saturated heterocycles. The van der Waals surface area contributed by atoms with Gasteiger partial charge in [-0.1, -0.05) is 30.3 Å². The molecule has 1 aromatic heterocycles. The molecule has 3 heterocycles. The SMILES string of the molecule is Cn1nnnc1[C@H]1CCCN1C(=O)[C@H](Cc1ccccc1)NC(=O)[C@@H]1CCC(=O)N1. The molecule has 10 nitrogen and oxygen atoms in total. The standard InChI is InChI=1S/C20H25N7O3/c1-26-18(23-24-25-26)16-8-5-11-27(16)20(30)15(12-13-6-3-2-4-7-13)22-19(29)14-9-10-17(28)21-14/h2-4,6-7,14-16H,5,8-12H2,1H3,(H,21,28)(H,22,29)/t14-,15-,16+/m0/s1. The molecule has 3 amide bonds. The summed E-state index contributed by atoms with van der Waals surface area (Å²) in [6.45, 7) is 0.581. The average Bonchev–Trinajstić information content (AvgIpc) is 3.48. The molecule has 0 spiro atoms. The van der Waals surface area contributed by atoms with Crippen LogP contribution in [0.15, 0.2) is 30.3 Å². The summed E-state index contributed by atoms with van der Waals surface area (Å²) < 4.78 is 1.58. The Balaban J connectivity index is 1.54. The fourth-order valence-electron chi connectivity index (χ4n) is 4.15. The molecule has 0 aliphatic carbocycles. The maximum Gasteiger partial charge on any atom is 0.246 e. The first kappa shape index (κ1) is 20.0. The van der Waals surface area contributed by atoms with Gasteiger partial charge in [0, 0.05) is 26.4 Å². The maximum absolute atomic E-state index is 13.5. The number of benzene rings is 1. The summed E-state index contributed by atoms with van der Waals surface area (Å²) in [5, 5.41) is 17.2. The van der Waals surface area contributed by atoms with Gasteiger partial charge in [-0.3, -0.25) is 14.4 Å². The van der Waals surface area contributed by atoms with Gasteiger partial charge >= 0.3 is 0 Å². The summed E-state index contributed by atoms with van der Waals surface area (Å²) in [5.74, 6) is -0.00241. The minimum absolute atomic E-state index is 0.143. The topological polar surface area (TPSA) is 122 Å². The largest absolute Gasteiger partial charge is 0.344 e. The van der Waals surface area contributed by atoms with Crippen LogP contribution in [0.3, 0.4) is 0 Å². The molecule has 0 saturated carbocycles. The van der Waals surface area contributed by atoms with E-state index in [1.165, 1.54) is 0 Å². The van der Waals surface area contributed by atoms with Gasteiger partial charge in [0.15, 0.2) is 5.82 Å². The van der Waals surface area contributed by atoms with Crippen molar-refractivity contribution in [1.29, 1.82) is 0 Å². The molecular formula is C20H25N7O3. The van der Waals surface area contributed by atoms with Crippen LogP contribution in [0.1, 0.15) is 43.1 Å². The maximum atomic E-state index is 13.5. The predicted molar refractivity (Wildman–Crippen MR) is 106 cm³/mol. The van der Waals surface area contributed by atoms with E-state index in [1.807, 2.05) is 30.3 Å². The van der Waals surface area contributed by atoms with Crippen molar-refractivity contribution in [1.82, 2.24) is 35.7 Å². The molecule has 1 aromatic carbocycles. The highest BCUT2D eigenvalue weighted by atomic mass is 16.2. The smallest absolute Gasteiger partial charge is 0.246 e. The number of amides is 3. The molecule has 0 radical (unpaired) electrons. The van der Waals surface area contributed by atoms with Crippen molar-refractivity contribution >= 4 is 17.7 Å². The zero-order valence-corrected chi connectivity index (χ0v) is 16.8. The van der Waals surface area contributed by atoms with Crippen LogP contribution < -0.4 is 10.6 Å². The lowest BCUT2D eigenvalue weighted by molar-refractivity contribution is -0.137. The van der Waals surface area contributed by atoms with E-state index < -0.39 is 12.1 Å². The fraction of sp³-hybridized carbons (Fsp3) is 0.500. The monoisotopic (exact) mass is 411 g/mol. The molecule has 2 N–H and O–H groups in total. The molecule has 3 atom stereocenters. The van der Waals surface area contributed by atoms with Crippen molar-refractivity contribution in [2.75, 3.05) is 6.54 Å². The van der Waals surface area contributed by atoms with Crippen LogP contribution in [0.25, 0.3) is 0 Å². The summed E-state index contributed by atoms with van der Waals surface area (Å²) >= 11 is 0. The van der Waals surface area contributed by atoms with Gasteiger partial charge in [-0.25, -0.2) is 4.68 Å². The lowest BCUT2D eigenvalue weighted by atomic mass is 10.0. The Morgan fingerprint density at radius 2 is 2.07 bits per heavy atom. The van der Waals surface area contributed by atoms with Crippen molar-refractivity contribution in [2.24, 2.45) is 7.05 Å². The first-order valence-electron chi connectivity index (χ1n) is 10.2. The van der Waals surface area contributed by atoms with Crippen LogP contribution >= 0.6 is 0 Å². The van der Waals surface area contributed by atoms with Crippen molar-refractivity contribution in [3.63, 3.8) is 0 Å². The molecule has 4 rings (SSSR count). The average molecular weight is 411 g/mol. The first-order chi connectivity index (χ1) is 14.5. The van der Waals surface area contributed by atoms with Crippen LogP contribution in [-0.4, -0.2) is 61.5 Å². The number of aryl methyl sites for hydroxylation is 1. The fourth-order valence-corrected chi connectivity index (χ4v) is 4.15. The first-order valence-corrected chi connectivity index (χ1v) is 10.2. The molecule has 2 aromatic rings. The quantitative estimate of drug-likeness (QED) is 0.683. The number of carbonyl (C=O) groups excluding carboxylic acids is 3. The van der Waals surface area contributed by atoms with E-state index >= 15 is 0 Å². The molecular weight excluding hydrogens is 386 g/mol. The summed E-state index contributed by atoms with van der Waals surface area (Å²) in [6.07, 6.45) is 2.74. The third kappa shape index (κ3) is 4.17. The van der Waals surface area contributed by atoms with E-state index in [0.29, 0.717) is 31.6 Å². The van der Waals surface area contributed by atoms with Crippen molar-refractivity contribution in [2.45, 2.75) is 50.2 Å². The van der Waals surface area contributed by atoms with Gasteiger partial charge in [0.1, 0.15) is 12.1 Å². The third-order valence-electron chi connectivity index (χ3n) is 5.70. The van der Waals surface area contributed by atoms with Crippen molar-refractivity contribution < 1.29 is 14.4 Å². The number of hydrogen-bond donors (Lipinski definition) is 2. The Bertz CT molecular complexity index is 929. The molecule has 2 aliphatic rings. The number of nitrogens with one attached hydrogen (secondary N) is 2. The van der Waals surface area contributed by atoms with E-state index in [0.717, 1.165) is 18.4 Å². The normalized spacial score (nSPS) is 22.0. The lowest BCUT2D eigenvalue weighted by Crippen LogP contribution is -2.53. The summed E-state index contributed by atoms with van der Waals surface area (Å²) in [5.41, 5.74) is 0.947. The zero-order chi connectivity index (χ0) is 21.1. The number of nitrogens with zero attached hydrogens (tertiary/aromatic N) is 5. The van der Waals surface area contributed by atoms with E-state index in [2.05, 4.69) is 26.2 Å². The van der Waals surface area contributed by atoms with E-state index in [4.69, 9.17) is 0 Å². The molecule has 10 heteroatoms. The molecule has 0 unspecified atom stereocenters. The predicted octanol–water partition coefficient (Wildman–Crippen LogP) is -0.120. The Morgan fingerprint density at radius 1 is 1.27 bits per heavy atom. The number of tetrazole rings is 1. The summed E-state index contributed by atoms with van der Waals surface area (Å²) in [6, 6.07) is 8.01. The van der Waals surface area contributed by atoms with Gasteiger partial charge in [0.2, 0.25) is 17.7 Å². The molecule has 158 valence electrons. The van der Waals surface area contributed by atoms with Gasteiger partial charge in [0.05, 0.1) is 6.04 Å². The second kappa shape index (κ2) is 8.60. The highest BCUT2D eigenvalue weighted by molar-refractivity contribution is 5.94. The van der Waals surface area contributed by atoms with Crippen LogP contribution in [-0.2, 0) is 27.9 Å². The van der Waals surface area contributed by atoms with Crippen molar-refractivity contribution in [3.05, 3.63) is 41.7 Å². The second-order valence-electron chi connectivity index (χ2n) is 7.76. The number of likely N-dealkylation sites (tertiary alicyclic amines) is 1. The second-order valence-corrected chi connectivity index (χ2v) is 7.76. The molecule has 2 fully saturated rings. The Morgan fingerprint density at radius 3 is 2.73 bits per heavy atom. The minimum Gasteiger partial charge on any atom is -0.344 e. The van der Waals surface area contributed by atoms with Gasteiger partial charge in [-0.05, 0) is 35.3 Å². The van der Waals surface area contributed by atoms with E-state index in [-0.39, 0.29) is 23.8 Å². The molecule has 0 bridgehead atoms. The van der Waals surface area contributed by atoms with Crippen LogP contribution in [0.5, 0.6) is 0 Å². The van der Waals surface area contributed by atoms with Gasteiger partial charge in [0.25, 0.3) is 0 Å². The highest BCUT2D eigenvalue weighted by Gasteiger charge is 2.38. The lowest BCUT2D eigenvalue weighted by Gasteiger charge is -2.29. The number of rotatable bonds is 6. The van der Waals surface area contributed by atoms with Crippen LogP contribution in [0.4, 0.5) is 0 Å². The molecule has 2 aliphatic heterocycles. The highest BCUT2D eigenvalue weighted by Crippen LogP contribution is 2.31. The zero-order valence-electron chi connectivity index (χ0n) is 16.8. The van der Waals surface area contributed by atoms with E-state index in [1.54, 1.807) is 16.6 Å². The third-order valence-corrected chi connectivity index (χ3v) is 5.70. The van der Waals surface area contributed by atoms with E-state index in [9.17, 15) is 14.4 Å². The summed E-state index contributed by atoms with van der Waals surface area (Å²) in [7, 11) is 1.75.